The maximum atomic E-state index is 5.31. The van der Waals surface area contributed by atoms with Gasteiger partial charge in [0.2, 0.25) is 5.88 Å². The van der Waals surface area contributed by atoms with Gasteiger partial charge in [0.1, 0.15) is 0 Å². The molecule has 6 nitrogen and oxygen atoms in total. The van der Waals surface area contributed by atoms with Crippen LogP contribution in [0.25, 0.3) is 0 Å². The topological polar surface area (TPSA) is 52.4 Å². The highest BCUT2D eigenvalue weighted by Crippen LogP contribution is 2.29. The maximum Gasteiger partial charge on any atom is 0.213 e. The van der Waals surface area contributed by atoms with E-state index >= 15 is 0 Å². The molecule has 142 valence electrons. The molecule has 0 N–H and O–H groups in total. The molecular formula is C20H30N4O2. The number of nitrogens with zero attached hydrogens (tertiary/aromatic N) is 4. The molecule has 0 aromatic carbocycles. The van der Waals surface area contributed by atoms with Crippen LogP contribution >= 0.6 is 0 Å². The predicted octanol–water partition coefficient (Wildman–Crippen LogP) is 2.90. The Hall–Kier alpha value is -1.92. The second kappa shape index (κ2) is 8.18. The van der Waals surface area contributed by atoms with Crippen LogP contribution in [0, 0.1) is 12.8 Å². The molecule has 1 aliphatic heterocycles. The van der Waals surface area contributed by atoms with Crippen molar-refractivity contribution in [3.05, 3.63) is 40.8 Å². The Morgan fingerprint density at radius 2 is 2.08 bits per heavy atom. The zero-order chi connectivity index (χ0) is 18.7. The highest BCUT2D eigenvalue weighted by atomic mass is 16.5. The van der Waals surface area contributed by atoms with E-state index in [0.29, 0.717) is 24.4 Å². The highest BCUT2D eigenvalue weighted by molar-refractivity contribution is 5.25. The molecule has 2 aromatic heterocycles. The van der Waals surface area contributed by atoms with Crippen LogP contribution in [-0.4, -0.2) is 47.0 Å². The summed E-state index contributed by atoms with van der Waals surface area (Å²) in [5.74, 6) is 1.37. The van der Waals surface area contributed by atoms with E-state index in [4.69, 9.17) is 9.47 Å². The van der Waals surface area contributed by atoms with E-state index in [1.165, 1.54) is 12.0 Å². The van der Waals surface area contributed by atoms with Gasteiger partial charge in [-0.15, -0.1) is 0 Å². The summed E-state index contributed by atoms with van der Waals surface area (Å²) in [5, 5.41) is 4.69. The number of aryl methyl sites for hydroxylation is 2. The Morgan fingerprint density at radius 3 is 2.81 bits per heavy atom. The van der Waals surface area contributed by atoms with Crippen LogP contribution in [0.4, 0.5) is 0 Å². The summed E-state index contributed by atoms with van der Waals surface area (Å²) in [6.45, 7) is 7.08. The lowest BCUT2D eigenvalue weighted by atomic mass is 9.99. The largest absolute Gasteiger partial charge is 0.481 e. The standard InChI is InChI=1S/C20H30N4O2/c1-14-8-17(10-20(21-14)26-5)9-16-6-7-24(12-16)15(2)19-11-18(13-25-4)23(3)22-19/h8,10-11,15-16H,6-7,9,12-13H2,1-5H3/t15?,16-/m0/s1. The van der Waals surface area contributed by atoms with Gasteiger partial charge in [-0.25, -0.2) is 4.98 Å². The van der Waals surface area contributed by atoms with Crippen molar-refractivity contribution in [3.63, 3.8) is 0 Å². The zero-order valence-corrected chi connectivity index (χ0v) is 16.5. The fraction of sp³-hybridized carbons (Fsp3) is 0.600. The molecule has 0 spiro atoms. The highest BCUT2D eigenvalue weighted by Gasteiger charge is 2.28. The third-order valence-electron chi connectivity index (χ3n) is 5.30. The molecule has 2 atom stereocenters. The minimum atomic E-state index is 0.325. The molecule has 6 heteroatoms. The number of ether oxygens (including phenoxy) is 2. The molecule has 0 radical (unpaired) electrons. The second-order valence-electron chi connectivity index (χ2n) is 7.31. The fourth-order valence-electron chi connectivity index (χ4n) is 3.85. The lowest BCUT2D eigenvalue weighted by Crippen LogP contribution is -2.25. The average molecular weight is 358 g/mol. The van der Waals surface area contributed by atoms with Gasteiger partial charge < -0.3 is 9.47 Å². The fourth-order valence-corrected chi connectivity index (χ4v) is 3.85. The Morgan fingerprint density at radius 1 is 1.27 bits per heavy atom. The summed E-state index contributed by atoms with van der Waals surface area (Å²) >= 11 is 0. The molecule has 2 aromatic rings. The van der Waals surface area contributed by atoms with Gasteiger partial charge in [-0.2, -0.15) is 5.10 Å². The van der Waals surface area contributed by atoms with Crippen LogP contribution in [0.3, 0.4) is 0 Å². The zero-order valence-electron chi connectivity index (χ0n) is 16.5. The van der Waals surface area contributed by atoms with E-state index in [1.54, 1.807) is 14.2 Å². The Balaban J connectivity index is 1.63. The molecule has 0 saturated carbocycles. The summed E-state index contributed by atoms with van der Waals surface area (Å²) in [7, 11) is 5.38. The maximum absolute atomic E-state index is 5.31. The predicted molar refractivity (Wildman–Crippen MR) is 101 cm³/mol. The SMILES string of the molecule is COCc1cc(C(C)N2CC[C@@H](Cc3cc(C)nc(OC)c3)C2)nn1C. The molecule has 3 heterocycles. The summed E-state index contributed by atoms with van der Waals surface area (Å²) < 4.78 is 12.5. The first-order chi connectivity index (χ1) is 12.5. The molecule has 1 saturated heterocycles. The van der Waals surface area contributed by atoms with Crippen molar-refractivity contribution in [2.45, 2.75) is 39.3 Å². The number of hydrogen-bond acceptors (Lipinski definition) is 5. The van der Waals surface area contributed by atoms with Crippen molar-refractivity contribution >= 4 is 0 Å². The summed E-state index contributed by atoms with van der Waals surface area (Å²) in [4.78, 5) is 6.92. The van der Waals surface area contributed by atoms with Crippen LogP contribution < -0.4 is 4.74 Å². The Bertz CT molecular complexity index is 743. The summed E-state index contributed by atoms with van der Waals surface area (Å²) in [5.41, 5.74) is 4.57. The van der Waals surface area contributed by atoms with Crippen molar-refractivity contribution in [1.82, 2.24) is 19.7 Å². The second-order valence-corrected chi connectivity index (χ2v) is 7.31. The van der Waals surface area contributed by atoms with Crippen molar-refractivity contribution in [1.29, 1.82) is 0 Å². The quantitative estimate of drug-likeness (QED) is 0.762. The van der Waals surface area contributed by atoms with E-state index in [-0.39, 0.29) is 0 Å². The van der Waals surface area contributed by atoms with Gasteiger partial charge in [0.25, 0.3) is 0 Å². The number of methoxy groups -OCH3 is 2. The minimum absolute atomic E-state index is 0.325. The lowest BCUT2D eigenvalue weighted by Gasteiger charge is -2.22. The van der Waals surface area contributed by atoms with Gasteiger partial charge in [0, 0.05) is 32.5 Å². The van der Waals surface area contributed by atoms with Gasteiger partial charge in [0.15, 0.2) is 0 Å². The molecule has 0 aliphatic carbocycles. The number of pyridine rings is 1. The van der Waals surface area contributed by atoms with Gasteiger partial charge in [-0.3, -0.25) is 9.58 Å². The summed E-state index contributed by atoms with van der Waals surface area (Å²) in [6.07, 6.45) is 2.28. The van der Waals surface area contributed by atoms with E-state index in [9.17, 15) is 0 Å². The molecular weight excluding hydrogens is 328 g/mol. The smallest absolute Gasteiger partial charge is 0.213 e. The molecule has 1 fully saturated rings. The van der Waals surface area contributed by atoms with E-state index in [2.05, 4.69) is 40.1 Å². The molecule has 0 bridgehead atoms. The van der Waals surface area contributed by atoms with Crippen LogP contribution in [0.1, 0.15) is 42.0 Å². The van der Waals surface area contributed by atoms with Crippen molar-refractivity contribution in [3.8, 4) is 5.88 Å². The monoisotopic (exact) mass is 358 g/mol. The molecule has 3 rings (SSSR count). The number of likely N-dealkylation sites (tertiary alicyclic amines) is 1. The normalized spacial score (nSPS) is 19.0. The van der Waals surface area contributed by atoms with E-state index in [0.717, 1.165) is 36.6 Å². The number of rotatable bonds is 7. The van der Waals surface area contributed by atoms with E-state index in [1.807, 2.05) is 18.7 Å². The molecule has 1 aliphatic rings. The first-order valence-electron chi connectivity index (χ1n) is 9.27. The summed E-state index contributed by atoms with van der Waals surface area (Å²) in [6, 6.07) is 6.73. The van der Waals surface area contributed by atoms with Crippen molar-refractivity contribution in [2.75, 3.05) is 27.3 Å². The van der Waals surface area contributed by atoms with Crippen LogP contribution in [0.2, 0.25) is 0 Å². The van der Waals surface area contributed by atoms with Gasteiger partial charge in [0.05, 0.1) is 31.1 Å². The number of hydrogen-bond donors (Lipinski definition) is 0. The van der Waals surface area contributed by atoms with Gasteiger partial charge in [-0.05, 0) is 56.8 Å². The Kier molecular flexibility index (Phi) is 5.94. The lowest BCUT2D eigenvalue weighted by molar-refractivity contribution is 0.178. The van der Waals surface area contributed by atoms with Crippen LogP contribution in [0.15, 0.2) is 18.2 Å². The minimum Gasteiger partial charge on any atom is -0.481 e. The van der Waals surface area contributed by atoms with Gasteiger partial charge in [-0.1, -0.05) is 0 Å². The van der Waals surface area contributed by atoms with Crippen LogP contribution in [-0.2, 0) is 24.8 Å². The third-order valence-corrected chi connectivity index (χ3v) is 5.30. The van der Waals surface area contributed by atoms with Gasteiger partial charge >= 0.3 is 0 Å². The number of aromatic nitrogens is 3. The molecule has 0 amide bonds. The molecule has 1 unspecified atom stereocenters. The molecule has 26 heavy (non-hydrogen) atoms. The Labute approximate surface area is 156 Å². The van der Waals surface area contributed by atoms with E-state index < -0.39 is 0 Å². The van der Waals surface area contributed by atoms with Crippen LogP contribution in [0.5, 0.6) is 5.88 Å². The average Bonchev–Trinajstić information content (AvgIpc) is 3.21. The first kappa shape index (κ1) is 18.9. The third kappa shape index (κ3) is 4.24. The van der Waals surface area contributed by atoms with Crippen molar-refractivity contribution < 1.29 is 9.47 Å². The first-order valence-corrected chi connectivity index (χ1v) is 9.27. The van der Waals surface area contributed by atoms with Crippen molar-refractivity contribution in [2.24, 2.45) is 13.0 Å².